The Morgan fingerprint density at radius 3 is 2.88 bits per heavy atom. The van der Waals surface area contributed by atoms with Gasteiger partial charge < -0.3 is 10.4 Å². The van der Waals surface area contributed by atoms with E-state index in [4.69, 9.17) is 5.11 Å². The van der Waals surface area contributed by atoms with Gasteiger partial charge in [0.25, 0.3) is 0 Å². The molecule has 1 aliphatic carbocycles. The summed E-state index contributed by atoms with van der Waals surface area (Å²) in [5.41, 5.74) is 1.02. The number of hydrogen-bond donors (Lipinski definition) is 2. The van der Waals surface area contributed by atoms with E-state index < -0.39 is 5.97 Å². The molecule has 1 saturated carbocycles. The molecule has 4 heteroatoms. The van der Waals surface area contributed by atoms with Crippen molar-refractivity contribution in [2.75, 3.05) is 11.9 Å². The molecule has 0 aliphatic heterocycles. The smallest absolute Gasteiger partial charge is 0.335 e. The Labute approximate surface area is 94.7 Å². The summed E-state index contributed by atoms with van der Waals surface area (Å²) in [4.78, 5) is 15.1. The Bertz CT molecular complexity index is 417. The van der Waals surface area contributed by atoms with E-state index in [1.807, 2.05) is 0 Å². The van der Waals surface area contributed by atoms with Crippen LogP contribution in [-0.2, 0) is 0 Å². The second-order valence-corrected chi connectivity index (χ2v) is 4.54. The monoisotopic (exact) mass is 220 g/mol. The number of aromatic nitrogens is 1. The number of nitrogens with zero attached hydrogens (tertiary/aromatic N) is 1. The average molecular weight is 220 g/mol. The van der Waals surface area contributed by atoms with Crippen molar-refractivity contribution in [3.05, 3.63) is 23.4 Å². The van der Waals surface area contributed by atoms with Crippen LogP contribution >= 0.6 is 0 Å². The highest BCUT2D eigenvalue weighted by Gasteiger charge is 2.31. The maximum absolute atomic E-state index is 10.9. The minimum absolute atomic E-state index is 0.291. The molecule has 86 valence electrons. The molecule has 2 atom stereocenters. The van der Waals surface area contributed by atoms with Gasteiger partial charge in [-0.1, -0.05) is 6.92 Å². The Morgan fingerprint density at radius 1 is 1.62 bits per heavy atom. The topological polar surface area (TPSA) is 62.2 Å². The van der Waals surface area contributed by atoms with Crippen LogP contribution in [0.2, 0.25) is 0 Å². The lowest BCUT2D eigenvalue weighted by Gasteiger charge is -2.06. The third-order valence-corrected chi connectivity index (χ3v) is 3.02. The molecule has 1 fully saturated rings. The maximum Gasteiger partial charge on any atom is 0.335 e. The van der Waals surface area contributed by atoms with Gasteiger partial charge in [-0.15, -0.1) is 0 Å². The van der Waals surface area contributed by atoms with Crippen LogP contribution in [0.5, 0.6) is 0 Å². The van der Waals surface area contributed by atoms with Crippen molar-refractivity contribution in [1.82, 2.24) is 4.98 Å². The minimum atomic E-state index is -0.909. The van der Waals surface area contributed by atoms with E-state index in [1.54, 1.807) is 19.1 Å². The summed E-state index contributed by atoms with van der Waals surface area (Å²) in [5.74, 6) is 1.26. The number of hydrogen-bond acceptors (Lipinski definition) is 3. The van der Waals surface area contributed by atoms with Gasteiger partial charge in [-0.25, -0.2) is 9.78 Å². The molecule has 0 bridgehead atoms. The van der Waals surface area contributed by atoms with E-state index in [2.05, 4.69) is 17.2 Å². The molecule has 4 nitrogen and oxygen atoms in total. The van der Waals surface area contributed by atoms with Gasteiger partial charge in [-0.2, -0.15) is 0 Å². The predicted octanol–water partition coefficient (Wildman–Crippen LogP) is 2.16. The Balaban J connectivity index is 2.05. The van der Waals surface area contributed by atoms with Gasteiger partial charge in [-0.05, 0) is 37.3 Å². The molecule has 2 unspecified atom stereocenters. The van der Waals surface area contributed by atoms with Crippen LogP contribution < -0.4 is 5.32 Å². The van der Waals surface area contributed by atoms with Crippen molar-refractivity contribution in [2.45, 2.75) is 20.3 Å². The highest BCUT2D eigenvalue weighted by molar-refractivity contribution is 5.88. The Kier molecular flexibility index (Phi) is 2.81. The van der Waals surface area contributed by atoms with Crippen LogP contribution in [0, 0.1) is 18.8 Å². The molecule has 1 aliphatic rings. The number of rotatable bonds is 4. The first-order valence-electron chi connectivity index (χ1n) is 5.52. The normalized spacial score (nSPS) is 22.9. The highest BCUT2D eigenvalue weighted by atomic mass is 16.4. The fourth-order valence-corrected chi connectivity index (χ4v) is 1.80. The summed E-state index contributed by atoms with van der Waals surface area (Å²) in [5, 5.41) is 12.1. The molecule has 1 aromatic heterocycles. The average Bonchev–Trinajstić information content (AvgIpc) is 2.91. The van der Waals surface area contributed by atoms with Crippen molar-refractivity contribution in [2.24, 2.45) is 11.8 Å². The number of pyridine rings is 1. The second-order valence-electron chi connectivity index (χ2n) is 4.54. The van der Waals surface area contributed by atoms with Crippen molar-refractivity contribution in [3.63, 3.8) is 0 Å². The summed E-state index contributed by atoms with van der Waals surface area (Å²) in [6, 6.07) is 3.16. The molecule has 0 aromatic carbocycles. The molecule has 0 saturated heterocycles. The first kappa shape index (κ1) is 10.9. The summed E-state index contributed by atoms with van der Waals surface area (Å²) >= 11 is 0. The molecule has 0 radical (unpaired) electrons. The molecule has 2 N–H and O–H groups in total. The van der Waals surface area contributed by atoms with Crippen LogP contribution in [0.4, 0.5) is 5.82 Å². The zero-order valence-corrected chi connectivity index (χ0v) is 9.53. The fraction of sp³-hybridized carbons (Fsp3) is 0.500. The van der Waals surface area contributed by atoms with Gasteiger partial charge in [0.1, 0.15) is 5.82 Å². The van der Waals surface area contributed by atoms with Gasteiger partial charge in [0.2, 0.25) is 0 Å². The number of carboxylic acids is 1. The van der Waals surface area contributed by atoms with Gasteiger partial charge in [0.05, 0.1) is 5.56 Å². The van der Waals surface area contributed by atoms with E-state index in [0.29, 0.717) is 11.4 Å². The molecular formula is C12H16N2O2. The first-order chi connectivity index (χ1) is 7.56. The van der Waals surface area contributed by atoms with Gasteiger partial charge >= 0.3 is 5.97 Å². The fourth-order valence-electron chi connectivity index (χ4n) is 1.80. The number of carboxylic acid groups (broad SMARTS) is 1. The van der Waals surface area contributed by atoms with Crippen LogP contribution in [0.1, 0.15) is 29.4 Å². The number of aryl methyl sites for hydroxylation is 1. The zero-order chi connectivity index (χ0) is 11.7. The zero-order valence-electron chi connectivity index (χ0n) is 9.53. The quantitative estimate of drug-likeness (QED) is 0.816. The number of nitrogens with one attached hydrogen (secondary N) is 1. The van der Waals surface area contributed by atoms with Gasteiger partial charge in [0.15, 0.2) is 0 Å². The van der Waals surface area contributed by atoms with E-state index in [1.165, 1.54) is 6.42 Å². The SMILES string of the molecule is Cc1cc(C(=O)O)cc(NCC2CC2C)n1. The van der Waals surface area contributed by atoms with E-state index >= 15 is 0 Å². The van der Waals surface area contributed by atoms with Crippen molar-refractivity contribution in [1.29, 1.82) is 0 Å². The summed E-state index contributed by atoms with van der Waals surface area (Å²) in [7, 11) is 0. The summed E-state index contributed by atoms with van der Waals surface area (Å²) in [6.07, 6.45) is 1.25. The lowest BCUT2D eigenvalue weighted by atomic mass is 10.2. The number of carbonyl (C=O) groups is 1. The standard InChI is InChI=1S/C12H16N2O2/c1-7-3-10(7)6-13-11-5-9(12(15)16)4-8(2)14-11/h4-5,7,10H,3,6H2,1-2H3,(H,13,14)(H,15,16). The van der Waals surface area contributed by atoms with Crippen LogP contribution in [0.15, 0.2) is 12.1 Å². The molecule has 16 heavy (non-hydrogen) atoms. The van der Waals surface area contributed by atoms with Crippen LogP contribution in [0.25, 0.3) is 0 Å². The lowest BCUT2D eigenvalue weighted by Crippen LogP contribution is -2.08. The van der Waals surface area contributed by atoms with E-state index in [9.17, 15) is 4.79 Å². The Hall–Kier alpha value is -1.58. The largest absolute Gasteiger partial charge is 0.478 e. The van der Waals surface area contributed by atoms with E-state index in [-0.39, 0.29) is 0 Å². The van der Waals surface area contributed by atoms with Gasteiger partial charge in [0, 0.05) is 12.2 Å². The third kappa shape index (κ3) is 2.51. The predicted molar refractivity (Wildman–Crippen MR) is 61.7 cm³/mol. The summed E-state index contributed by atoms with van der Waals surface area (Å²) < 4.78 is 0. The highest BCUT2D eigenvalue weighted by Crippen LogP contribution is 2.37. The van der Waals surface area contributed by atoms with Crippen molar-refractivity contribution >= 4 is 11.8 Å². The summed E-state index contributed by atoms with van der Waals surface area (Å²) in [6.45, 7) is 4.91. The third-order valence-electron chi connectivity index (χ3n) is 3.02. The maximum atomic E-state index is 10.9. The lowest BCUT2D eigenvalue weighted by molar-refractivity contribution is 0.0696. The van der Waals surface area contributed by atoms with Crippen molar-refractivity contribution in [3.8, 4) is 0 Å². The van der Waals surface area contributed by atoms with Crippen LogP contribution in [0.3, 0.4) is 0 Å². The number of anilines is 1. The molecular weight excluding hydrogens is 204 g/mol. The Morgan fingerprint density at radius 2 is 2.31 bits per heavy atom. The second kappa shape index (κ2) is 4.12. The molecule has 2 rings (SSSR count). The molecule has 0 amide bonds. The minimum Gasteiger partial charge on any atom is -0.478 e. The molecule has 0 spiro atoms. The molecule has 1 aromatic rings. The molecule has 1 heterocycles. The van der Waals surface area contributed by atoms with Crippen molar-refractivity contribution < 1.29 is 9.90 Å². The van der Waals surface area contributed by atoms with E-state index in [0.717, 1.165) is 24.1 Å². The first-order valence-corrected chi connectivity index (χ1v) is 5.52. The van der Waals surface area contributed by atoms with Crippen LogP contribution in [-0.4, -0.2) is 22.6 Å². The number of aromatic carboxylic acids is 1. The van der Waals surface area contributed by atoms with Gasteiger partial charge in [-0.3, -0.25) is 0 Å².